The molecule has 2 rings (SSSR count). The number of halogens is 1. The SMILES string of the molecule is CC(=O)c1cc(Br)cc([N+](=O)[O-])c1OCC1CCCO1. The zero-order valence-electron chi connectivity index (χ0n) is 10.9. The lowest BCUT2D eigenvalue weighted by atomic mass is 10.1. The van der Waals surface area contributed by atoms with Crippen LogP contribution in [0.5, 0.6) is 5.75 Å². The van der Waals surface area contributed by atoms with E-state index in [4.69, 9.17) is 9.47 Å². The molecule has 1 aromatic carbocycles. The predicted molar refractivity (Wildman–Crippen MR) is 75.3 cm³/mol. The molecule has 0 bridgehead atoms. The number of Topliss-reactive ketones (excluding diaryl/α,β-unsaturated/α-hetero) is 1. The number of hydrogen-bond acceptors (Lipinski definition) is 5. The highest BCUT2D eigenvalue weighted by Crippen LogP contribution is 2.35. The van der Waals surface area contributed by atoms with Crippen molar-refractivity contribution in [1.82, 2.24) is 0 Å². The highest BCUT2D eigenvalue weighted by atomic mass is 79.9. The molecule has 108 valence electrons. The van der Waals surface area contributed by atoms with E-state index in [0.29, 0.717) is 11.1 Å². The van der Waals surface area contributed by atoms with E-state index < -0.39 is 4.92 Å². The number of benzene rings is 1. The average Bonchev–Trinajstić information content (AvgIpc) is 2.89. The number of hydrogen-bond donors (Lipinski definition) is 0. The first kappa shape index (κ1) is 14.9. The summed E-state index contributed by atoms with van der Waals surface area (Å²) < 4.78 is 11.4. The van der Waals surface area contributed by atoms with Crippen molar-refractivity contribution in [2.24, 2.45) is 0 Å². The smallest absolute Gasteiger partial charge is 0.312 e. The first-order valence-corrected chi connectivity index (χ1v) is 7.01. The number of nitrogens with zero attached hydrogens (tertiary/aromatic N) is 1. The van der Waals surface area contributed by atoms with Crippen molar-refractivity contribution in [2.45, 2.75) is 25.9 Å². The van der Waals surface area contributed by atoms with Crippen LogP contribution >= 0.6 is 15.9 Å². The number of rotatable bonds is 5. The van der Waals surface area contributed by atoms with Crippen molar-refractivity contribution in [3.63, 3.8) is 0 Å². The molecule has 0 aliphatic carbocycles. The fourth-order valence-corrected chi connectivity index (χ4v) is 2.53. The Bertz CT molecular complexity index is 505. The van der Waals surface area contributed by atoms with E-state index >= 15 is 0 Å². The summed E-state index contributed by atoms with van der Waals surface area (Å²) >= 11 is 3.16. The monoisotopic (exact) mass is 343 g/mol. The van der Waals surface area contributed by atoms with E-state index in [1.54, 1.807) is 0 Å². The summed E-state index contributed by atoms with van der Waals surface area (Å²) in [4.78, 5) is 22.2. The molecule has 6 nitrogen and oxygen atoms in total. The number of ether oxygens (including phenoxy) is 2. The molecule has 1 saturated heterocycles. The fourth-order valence-electron chi connectivity index (χ4n) is 2.08. The van der Waals surface area contributed by atoms with E-state index in [9.17, 15) is 14.9 Å². The summed E-state index contributed by atoms with van der Waals surface area (Å²) in [7, 11) is 0. The second kappa shape index (κ2) is 6.32. The zero-order valence-corrected chi connectivity index (χ0v) is 12.5. The second-order valence-corrected chi connectivity index (χ2v) is 5.48. The molecule has 1 fully saturated rings. The molecule has 1 aromatic rings. The van der Waals surface area contributed by atoms with Gasteiger partial charge in [-0.3, -0.25) is 14.9 Å². The summed E-state index contributed by atoms with van der Waals surface area (Å²) in [5.74, 6) is -0.266. The number of ketones is 1. The minimum Gasteiger partial charge on any atom is -0.484 e. The third-order valence-corrected chi connectivity index (χ3v) is 3.51. The van der Waals surface area contributed by atoms with Gasteiger partial charge in [-0.1, -0.05) is 15.9 Å². The first-order chi connectivity index (χ1) is 9.49. The maximum absolute atomic E-state index is 11.6. The number of carbonyl (C=O) groups is 1. The lowest BCUT2D eigenvalue weighted by Gasteiger charge is -2.14. The Hall–Kier alpha value is -1.47. The normalized spacial score (nSPS) is 18.0. The highest BCUT2D eigenvalue weighted by molar-refractivity contribution is 9.10. The van der Waals surface area contributed by atoms with Crippen LogP contribution in [0.1, 0.15) is 30.1 Å². The van der Waals surface area contributed by atoms with Gasteiger partial charge in [0.15, 0.2) is 5.78 Å². The molecular weight excluding hydrogens is 330 g/mol. The van der Waals surface area contributed by atoms with Crippen LogP contribution in [0.3, 0.4) is 0 Å². The topological polar surface area (TPSA) is 78.7 Å². The molecule has 0 amide bonds. The van der Waals surface area contributed by atoms with Crippen LogP contribution in [0.15, 0.2) is 16.6 Å². The van der Waals surface area contributed by atoms with Crippen molar-refractivity contribution in [3.05, 3.63) is 32.3 Å². The standard InChI is InChI=1S/C13H14BrNO5/c1-8(16)11-5-9(14)6-12(15(17)18)13(11)20-7-10-3-2-4-19-10/h5-6,10H,2-4,7H2,1H3. The zero-order chi connectivity index (χ0) is 14.7. The van der Waals surface area contributed by atoms with Crippen molar-refractivity contribution < 1.29 is 19.2 Å². The Morgan fingerprint density at radius 2 is 2.35 bits per heavy atom. The van der Waals surface area contributed by atoms with Crippen molar-refractivity contribution in [1.29, 1.82) is 0 Å². The Morgan fingerprint density at radius 3 is 2.90 bits per heavy atom. The van der Waals surface area contributed by atoms with Crippen LogP contribution in [-0.4, -0.2) is 30.0 Å². The van der Waals surface area contributed by atoms with Gasteiger partial charge in [0.2, 0.25) is 5.75 Å². The Balaban J connectivity index is 2.31. The molecule has 1 unspecified atom stereocenters. The maximum atomic E-state index is 11.6. The lowest BCUT2D eigenvalue weighted by Crippen LogP contribution is -2.18. The quantitative estimate of drug-likeness (QED) is 0.466. The molecule has 0 spiro atoms. The molecule has 1 heterocycles. The first-order valence-electron chi connectivity index (χ1n) is 6.22. The van der Waals surface area contributed by atoms with Gasteiger partial charge in [0.1, 0.15) is 6.61 Å². The van der Waals surface area contributed by atoms with Crippen LogP contribution in [0.4, 0.5) is 5.69 Å². The van der Waals surface area contributed by atoms with Crippen LogP contribution in [-0.2, 0) is 4.74 Å². The maximum Gasteiger partial charge on any atom is 0.312 e. The van der Waals surface area contributed by atoms with Gasteiger partial charge in [0.05, 0.1) is 16.6 Å². The van der Waals surface area contributed by atoms with Crippen molar-refractivity contribution in [2.75, 3.05) is 13.2 Å². The summed E-state index contributed by atoms with van der Waals surface area (Å²) in [5.41, 5.74) is -0.0216. The van der Waals surface area contributed by atoms with Gasteiger partial charge in [0.25, 0.3) is 0 Å². The highest BCUT2D eigenvalue weighted by Gasteiger charge is 2.25. The Kier molecular flexibility index (Phi) is 4.72. The molecule has 20 heavy (non-hydrogen) atoms. The second-order valence-electron chi connectivity index (χ2n) is 4.56. The largest absolute Gasteiger partial charge is 0.484 e. The fraction of sp³-hybridized carbons (Fsp3) is 0.462. The number of nitro groups is 1. The van der Waals surface area contributed by atoms with Gasteiger partial charge in [0, 0.05) is 17.1 Å². The number of carbonyl (C=O) groups excluding carboxylic acids is 1. The van der Waals surface area contributed by atoms with Crippen molar-refractivity contribution >= 4 is 27.4 Å². The van der Waals surface area contributed by atoms with E-state index in [0.717, 1.165) is 12.8 Å². The van der Waals surface area contributed by atoms with E-state index in [2.05, 4.69) is 15.9 Å². The van der Waals surface area contributed by atoms with Crippen LogP contribution in [0.25, 0.3) is 0 Å². The Morgan fingerprint density at radius 1 is 1.60 bits per heavy atom. The summed E-state index contributed by atoms with van der Waals surface area (Å²) in [6.45, 7) is 2.24. The molecule has 7 heteroatoms. The Labute approximate surface area is 124 Å². The summed E-state index contributed by atoms with van der Waals surface area (Å²) in [6, 6.07) is 2.86. The third-order valence-electron chi connectivity index (χ3n) is 3.05. The minimum absolute atomic E-state index is 0.0150. The van der Waals surface area contributed by atoms with Crippen LogP contribution < -0.4 is 4.74 Å². The van der Waals surface area contributed by atoms with E-state index in [-0.39, 0.29) is 35.5 Å². The van der Waals surface area contributed by atoms with Gasteiger partial charge in [-0.15, -0.1) is 0 Å². The minimum atomic E-state index is -0.554. The van der Waals surface area contributed by atoms with Gasteiger partial charge in [-0.05, 0) is 25.8 Å². The number of nitro benzene ring substituents is 1. The van der Waals surface area contributed by atoms with Gasteiger partial charge in [-0.2, -0.15) is 0 Å². The van der Waals surface area contributed by atoms with E-state index in [1.807, 2.05) is 0 Å². The predicted octanol–water partition coefficient (Wildman–Crippen LogP) is 3.12. The molecular formula is C13H14BrNO5. The average molecular weight is 344 g/mol. The summed E-state index contributed by atoms with van der Waals surface area (Å²) in [5, 5.41) is 11.1. The molecule has 0 N–H and O–H groups in total. The molecule has 1 aliphatic heterocycles. The van der Waals surface area contributed by atoms with Gasteiger partial charge in [-0.25, -0.2) is 0 Å². The third kappa shape index (κ3) is 3.34. The molecule has 0 saturated carbocycles. The van der Waals surface area contributed by atoms with Crippen molar-refractivity contribution in [3.8, 4) is 5.75 Å². The van der Waals surface area contributed by atoms with E-state index in [1.165, 1.54) is 19.1 Å². The molecule has 1 atom stereocenters. The molecule has 0 radical (unpaired) electrons. The van der Waals surface area contributed by atoms with Gasteiger partial charge < -0.3 is 9.47 Å². The van der Waals surface area contributed by atoms with Crippen LogP contribution in [0, 0.1) is 10.1 Å². The lowest BCUT2D eigenvalue weighted by molar-refractivity contribution is -0.386. The van der Waals surface area contributed by atoms with Crippen LogP contribution in [0.2, 0.25) is 0 Å². The molecule has 1 aliphatic rings. The van der Waals surface area contributed by atoms with Gasteiger partial charge >= 0.3 is 5.69 Å². The summed E-state index contributed by atoms with van der Waals surface area (Å²) in [6.07, 6.45) is 1.74. The molecule has 0 aromatic heterocycles.